The minimum Gasteiger partial charge on any atom is -0.448 e. The van der Waals surface area contributed by atoms with Crippen LogP contribution < -0.4 is 10.6 Å². The molecule has 0 spiro atoms. The van der Waals surface area contributed by atoms with E-state index >= 15 is 0 Å². The molecule has 4 aliphatic rings. The van der Waals surface area contributed by atoms with E-state index in [-0.39, 0.29) is 34.4 Å². The standard InChI is InChI=1S/C22H30ClFN4O4/c1-20(2,31)16(24)13-26-18(29)14-12-25-17(23)11-15(14)27-21-3-6-22(7-4-21,8-5-21)28-9-10-32-19(28)30/h11-12,16,31H,3-10,13H2,1-2H3,(H,25,27)(H,26,29)/t16-,21?,22?/m1/s1. The molecule has 2 heterocycles. The first-order valence-electron chi connectivity index (χ1n) is 11.1. The maximum absolute atomic E-state index is 14.1. The van der Waals surface area contributed by atoms with Gasteiger partial charge in [0.2, 0.25) is 0 Å². The van der Waals surface area contributed by atoms with Crippen LogP contribution in [0.2, 0.25) is 5.15 Å². The second-order valence-corrected chi connectivity index (χ2v) is 10.2. The van der Waals surface area contributed by atoms with Crippen LogP contribution in [0.1, 0.15) is 62.7 Å². The summed E-state index contributed by atoms with van der Waals surface area (Å²) in [5.41, 5.74) is -1.07. The summed E-state index contributed by atoms with van der Waals surface area (Å²) in [7, 11) is 0. The fourth-order valence-electron chi connectivity index (χ4n) is 5.11. The molecule has 5 rings (SSSR count). The molecule has 2 amide bonds. The van der Waals surface area contributed by atoms with Gasteiger partial charge in [-0.15, -0.1) is 0 Å². The number of rotatable bonds is 7. The van der Waals surface area contributed by atoms with Gasteiger partial charge in [0.25, 0.3) is 5.91 Å². The molecule has 1 aromatic rings. The Kier molecular flexibility index (Phi) is 6.00. The van der Waals surface area contributed by atoms with Gasteiger partial charge in [-0.2, -0.15) is 0 Å². The average molecular weight is 469 g/mol. The van der Waals surface area contributed by atoms with Gasteiger partial charge < -0.3 is 20.5 Å². The minimum atomic E-state index is -1.61. The third-order valence-corrected chi connectivity index (χ3v) is 7.47. The zero-order valence-corrected chi connectivity index (χ0v) is 19.2. The van der Waals surface area contributed by atoms with E-state index in [1.54, 1.807) is 6.07 Å². The molecule has 0 aromatic carbocycles. The molecule has 32 heavy (non-hydrogen) atoms. The second-order valence-electron chi connectivity index (χ2n) is 9.78. The largest absolute Gasteiger partial charge is 0.448 e. The quantitative estimate of drug-likeness (QED) is 0.530. The van der Waals surface area contributed by atoms with E-state index in [1.807, 2.05) is 4.90 Å². The second kappa shape index (κ2) is 8.33. The summed E-state index contributed by atoms with van der Waals surface area (Å²) in [5.74, 6) is -0.485. The van der Waals surface area contributed by atoms with E-state index in [0.29, 0.717) is 18.8 Å². The molecule has 1 aliphatic heterocycles. The Balaban J connectivity index is 1.47. The number of ether oxygens (including phenoxy) is 1. The fraction of sp³-hybridized carbons (Fsp3) is 0.682. The van der Waals surface area contributed by atoms with Crippen LogP contribution in [0.25, 0.3) is 0 Å². The van der Waals surface area contributed by atoms with Crippen LogP contribution in [0.5, 0.6) is 0 Å². The molecular weight excluding hydrogens is 439 g/mol. The number of nitrogens with one attached hydrogen (secondary N) is 2. The molecule has 1 aromatic heterocycles. The zero-order chi connectivity index (χ0) is 23.1. The predicted molar refractivity (Wildman–Crippen MR) is 118 cm³/mol. The lowest BCUT2D eigenvalue weighted by Crippen LogP contribution is -2.61. The number of pyridine rings is 1. The van der Waals surface area contributed by atoms with Gasteiger partial charge in [-0.25, -0.2) is 14.2 Å². The van der Waals surface area contributed by atoms with Crippen LogP contribution in [0.3, 0.4) is 0 Å². The van der Waals surface area contributed by atoms with E-state index in [1.165, 1.54) is 20.0 Å². The number of hydrogen-bond donors (Lipinski definition) is 3. The molecule has 10 heteroatoms. The first-order chi connectivity index (χ1) is 15.0. The summed E-state index contributed by atoms with van der Waals surface area (Å²) in [5, 5.41) is 16.1. The Labute approximate surface area is 191 Å². The molecule has 8 nitrogen and oxygen atoms in total. The van der Waals surface area contributed by atoms with Crippen molar-refractivity contribution in [3.05, 3.63) is 23.0 Å². The van der Waals surface area contributed by atoms with E-state index in [2.05, 4.69) is 15.6 Å². The molecule has 0 unspecified atom stereocenters. The number of hydrogen-bond acceptors (Lipinski definition) is 6. The lowest BCUT2D eigenvalue weighted by atomic mass is 9.61. The van der Waals surface area contributed by atoms with Crippen molar-refractivity contribution in [2.24, 2.45) is 0 Å². The summed E-state index contributed by atoms with van der Waals surface area (Å²) in [6.45, 7) is 3.49. The van der Waals surface area contributed by atoms with Crippen LogP contribution in [-0.2, 0) is 4.74 Å². The van der Waals surface area contributed by atoms with Gasteiger partial charge in [0.05, 0.1) is 29.9 Å². The molecule has 3 saturated carbocycles. The maximum atomic E-state index is 14.1. The van der Waals surface area contributed by atoms with E-state index in [4.69, 9.17) is 16.3 Å². The number of anilines is 1. The van der Waals surface area contributed by atoms with Crippen molar-refractivity contribution in [3.8, 4) is 0 Å². The number of aromatic nitrogens is 1. The number of amides is 2. The van der Waals surface area contributed by atoms with Gasteiger partial charge in [-0.3, -0.25) is 9.69 Å². The number of carbonyl (C=O) groups excluding carboxylic acids is 2. The highest BCUT2D eigenvalue weighted by molar-refractivity contribution is 6.29. The summed E-state index contributed by atoms with van der Waals surface area (Å²) < 4.78 is 19.2. The van der Waals surface area contributed by atoms with E-state index in [0.717, 1.165) is 38.5 Å². The molecule has 3 N–H and O–H groups in total. The fourth-order valence-corrected chi connectivity index (χ4v) is 5.27. The van der Waals surface area contributed by atoms with Crippen LogP contribution in [0.15, 0.2) is 12.3 Å². The van der Waals surface area contributed by atoms with Crippen molar-refractivity contribution in [1.82, 2.24) is 15.2 Å². The Morgan fingerprint density at radius 2 is 2.00 bits per heavy atom. The molecule has 0 radical (unpaired) electrons. The van der Waals surface area contributed by atoms with Crippen molar-refractivity contribution in [1.29, 1.82) is 0 Å². The summed E-state index contributed by atoms with van der Waals surface area (Å²) in [6.07, 6.45) is 4.70. The topological polar surface area (TPSA) is 104 Å². The van der Waals surface area contributed by atoms with Crippen molar-refractivity contribution < 1.29 is 23.8 Å². The van der Waals surface area contributed by atoms with Crippen LogP contribution in [0.4, 0.5) is 14.9 Å². The smallest absolute Gasteiger partial charge is 0.410 e. The van der Waals surface area contributed by atoms with Gasteiger partial charge in [0.1, 0.15) is 17.9 Å². The molecule has 2 bridgehead atoms. The van der Waals surface area contributed by atoms with E-state index in [9.17, 15) is 19.1 Å². The molecule has 1 saturated heterocycles. The molecular formula is C22H30ClFN4O4. The predicted octanol–water partition coefficient (Wildman–Crippen LogP) is 3.28. The van der Waals surface area contributed by atoms with E-state index < -0.39 is 17.7 Å². The van der Waals surface area contributed by atoms with Gasteiger partial charge in [0, 0.05) is 17.3 Å². The average Bonchev–Trinajstić information content (AvgIpc) is 3.19. The van der Waals surface area contributed by atoms with Crippen molar-refractivity contribution in [2.45, 2.75) is 75.2 Å². The lowest BCUT2D eigenvalue weighted by molar-refractivity contribution is -0.00179. The number of aliphatic hydroxyl groups is 1. The SMILES string of the molecule is CC(C)(O)[C@H](F)CNC(=O)c1cnc(Cl)cc1NC12CCC(N3CCOC3=O)(CC1)CC2. The van der Waals surface area contributed by atoms with Crippen LogP contribution >= 0.6 is 11.6 Å². The Morgan fingerprint density at radius 1 is 1.34 bits per heavy atom. The van der Waals surface area contributed by atoms with Crippen LogP contribution in [0, 0.1) is 0 Å². The van der Waals surface area contributed by atoms with Crippen LogP contribution in [-0.4, -0.2) is 69.5 Å². The van der Waals surface area contributed by atoms with Crippen molar-refractivity contribution in [2.75, 3.05) is 25.0 Å². The number of carbonyl (C=O) groups is 2. The highest BCUT2D eigenvalue weighted by Gasteiger charge is 2.54. The Hall–Kier alpha value is -2.13. The number of fused-ring (bicyclic) bond motifs is 3. The van der Waals surface area contributed by atoms with Gasteiger partial charge >= 0.3 is 6.09 Å². The molecule has 3 aliphatic carbocycles. The Morgan fingerprint density at radius 3 is 2.56 bits per heavy atom. The normalized spacial score (nSPS) is 28.4. The van der Waals surface area contributed by atoms with Gasteiger partial charge in [-0.1, -0.05) is 11.6 Å². The number of cyclic esters (lactones) is 1. The monoisotopic (exact) mass is 468 g/mol. The highest BCUT2D eigenvalue weighted by Crippen LogP contribution is 2.52. The summed E-state index contributed by atoms with van der Waals surface area (Å²) >= 11 is 6.12. The molecule has 4 fully saturated rings. The number of nitrogens with zero attached hydrogens (tertiary/aromatic N) is 2. The Bertz CT molecular complexity index is 882. The zero-order valence-electron chi connectivity index (χ0n) is 18.4. The molecule has 176 valence electrons. The summed E-state index contributed by atoms with van der Waals surface area (Å²) in [4.78, 5) is 30.8. The highest BCUT2D eigenvalue weighted by atomic mass is 35.5. The van der Waals surface area contributed by atoms with Crippen molar-refractivity contribution in [3.63, 3.8) is 0 Å². The first kappa shape index (κ1) is 23.0. The maximum Gasteiger partial charge on any atom is 0.410 e. The lowest BCUT2D eigenvalue weighted by Gasteiger charge is -2.56. The molecule has 1 atom stereocenters. The third kappa shape index (κ3) is 4.37. The number of alkyl halides is 1. The van der Waals surface area contributed by atoms with Crippen molar-refractivity contribution >= 4 is 29.3 Å². The van der Waals surface area contributed by atoms with Gasteiger partial charge in [-0.05, 0) is 58.4 Å². The minimum absolute atomic E-state index is 0.139. The van der Waals surface area contributed by atoms with Gasteiger partial charge in [0.15, 0.2) is 0 Å². The third-order valence-electron chi connectivity index (χ3n) is 7.26. The number of halogens is 2. The first-order valence-corrected chi connectivity index (χ1v) is 11.4. The summed E-state index contributed by atoms with van der Waals surface area (Å²) in [6, 6.07) is 1.61.